The van der Waals surface area contributed by atoms with Gasteiger partial charge in [0.25, 0.3) is 0 Å². The quantitative estimate of drug-likeness (QED) is 0.840. The number of nitrogens with one attached hydrogen (secondary N) is 1. The summed E-state index contributed by atoms with van der Waals surface area (Å²) in [6.07, 6.45) is 0. The summed E-state index contributed by atoms with van der Waals surface area (Å²) in [5.41, 5.74) is 2.31. The highest BCUT2D eigenvalue weighted by molar-refractivity contribution is 5.55. The summed E-state index contributed by atoms with van der Waals surface area (Å²) in [5.74, 6) is 3.02. The van der Waals surface area contributed by atoms with Gasteiger partial charge in [-0.25, -0.2) is 0 Å². The summed E-state index contributed by atoms with van der Waals surface area (Å²) in [5, 5.41) is 3.52. The number of hydrogen-bond acceptors (Lipinski definition) is 5. The molecule has 0 radical (unpaired) electrons. The molecule has 5 nitrogen and oxygen atoms in total. The summed E-state index contributed by atoms with van der Waals surface area (Å²) >= 11 is 0. The lowest BCUT2D eigenvalue weighted by atomic mass is 10.1. The first-order valence-corrected chi connectivity index (χ1v) is 8.14. The van der Waals surface area contributed by atoms with Crippen LogP contribution >= 0.6 is 0 Å². The Kier molecular flexibility index (Phi) is 5.11. The van der Waals surface area contributed by atoms with Crippen LogP contribution in [0.3, 0.4) is 0 Å². The van der Waals surface area contributed by atoms with E-state index in [9.17, 15) is 0 Å². The fourth-order valence-corrected chi connectivity index (χ4v) is 2.69. The van der Waals surface area contributed by atoms with Crippen molar-refractivity contribution in [2.75, 3.05) is 20.5 Å². The maximum absolute atomic E-state index is 5.48. The molecular weight excluding hydrogens is 306 g/mol. The van der Waals surface area contributed by atoms with Crippen molar-refractivity contribution in [2.45, 2.75) is 26.4 Å². The van der Waals surface area contributed by atoms with E-state index in [2.05, 4.69) is 24.4 Å². The first kappa shape index (κ1) is 16.5. The highest BCUT2D eigenvalue weighted by atomic mass is 16.7. The molecule has 0 spiro atoms. The molecule has 1 unspecified atom stereocenters. The third kappa shape index (κ3) is 3.57. The van der Waals surface area contributed by atoms with E-state index < -0.39 is 0 Å². The SMILES string of the molecule is CCOc1ccc(C(C)NCc2cc(OC)c3c(c2)OCO3)cc1. The summed E-state index contributed by atoms with van der Waals surface area (Å²) in [7, 11) is 1.64. The Hall–Kier alpha value is -2.40. The Morgan fingerprint density at radius 2 is 1.96 bits per heavy atom. The van der Waals surface area contributed by atoms with Crippen LogP contribution in [-0.4, -0.2) is 20.5 Å². The lowest BCUT2D eigenvalue weighted by Crippen LogP contribution is -2.18. The van der Waals surface area contributed by atoms with E-state index in [0.29, 0.717) is 24.7 Å². The van der Waals surface area contributed by atoms with Gasteiger partial charge < -0.3 is 24.3 Å². The van der Waals surface area contributed by atoms with E-state index in [0.717, 1.165) is 17.1 Å². The van der Waals surface area contributed by atoms with Crippen LogP contribution in [0.5, 0.6) is 23.0 Å². The van der Waals surface area contributed by atoms with Crippen molar-refractivity contribution in [1.29, 1.82) is 0 Å². The van der Waals surface area contributed by atoms with E-state index in [-0.39, 0.29) is 12.8 Å². The summed E-state index contributed by atoms with van der Waals surface area (Å²) in [6, 6.07) is 12.4. The van der Waals surface area contributed by atoms with Crippen molar-refractivity contribution in [1.82, 2.24) is 5.32 Å². The largest absolute Gasteiger partial charge is 0.494 e. The van der Waals surface area contributed by atoms with Crippen LogP contribution in [0.2, 0.25) is 0 Å². The number of ether oxygens (including phenoxy) is 4. The Balaban J connectivity index is 1.65. The van der Waals surface area contributed by atoms with Crippen molar-refractivity contribution in [3.05, 3.63) is 47.5 Å². The minimum absolute atomic E-state index is 0.220. The van der Waals surface area contributed by atoms with Gasteiger partial charge in [-0.2, -0.15) is 0 Å². The summed E-state index contributed by atoms with van der Waals surface area (Å²) in [4.78, 5) is 0. The molecule has 0 saturated heterocycles. The van der Waals surface area contributed by atoms with Crippen LogP contribution in [0, 0.1) is 0 Å². The Morgan fingerprint density at radius 1 is 1.17 bits per heavy atom. The molecule has 128 valence electrons. The van der Waals surface area contributed by atoms with Crippen molar-refractivity contribution in [3.8, 4) is 23.0 Å². The lowest BCUT2D eigenvalue weighted by molar-refractivity contribution is 0.171. The maximum atomic E-state index is 5.48. The highest BCUT2D eigenvalue weighted by Crippen LogP contribution is 2.41. The third-order valence-corrected chi connectivity index (χ3v) is 4.02. The molecule has 3 rings (SSSR count). The normalized spacial score (nSPS) is 13.6. The summed E-state index contributed by atoms with van der Waals surface area (Å²) in [6.45, 7) is 5.75. The highest BCUT2D eigenvalue weighted by Gasteiger charge is 2.20. The molecule has 0 bridgehead atoms. The lowest BCUT2D eigenvalue weighted by Gasteiger charge is -2.16. The second kappa shape index (κ2) is 7.45. The van der Waals surface area contributed by atoms with Crippen molar-refractivity contribution in [3.63, 3.8) is 0 Å². The summed E-state index contributed by atoms with van der Waals surface area (Å²) < 4.78 is 21.7. The zero-order valence-corrected chi connectivity index (χ0v) is 14.3. The number of benzene rings is 2. The average Bonchev–Trinajstić information content (AvgIpc) is 3.08. The maximum Gasteiger partial charge on any atom is 0.231 e. The van der Waals surface area contributed by atoms with E-state index in [1.165, 1.54) is 5.56 Å². The van der Waals surface area contributed by atoms with Gasteiger partial charge in [-0.05, 0) is 49.2 Å². The zero-order valence-electron chi connectivity index (χ0n) is 14.3. The number of methoxy groups -OCH3 is 1. The molecule has 1 heterocycles. The van der Waals surface area contributed by atoms with Crippen LogP contribution in [0.25, 0.3) is 0 Å². The fraction of sp³-hybridized carbons (Fsp3) is 0.368. The fourth-order valence-electron chi connectivity index (χ4n) is 2.69. The minimum Gasteiger partial charge on any atom is -0.494 e. The predicted octanol–water partition coefficient (Wildman–Crippen LogP) is 3.67. The Bertz CT molecular complexity index is 685. The molecular formula is C19H23NO4. The van der Waals surface area contributed by atoms with E-state index in [1.54, 1.807) is 7.11 Å². The van der Waals surface area contributed by atoms with Gasteiger partial charge in [0.2, 0.25) is 12.5 Å². The van der Waals surface area contributed by atoms with E-state index in [4.69, 9.17) is 18.9 Å². The van der Waals surface area contributed by atoms with Gasteiger partial charge in [-0.1, -0.05) is 12.1 Å². The zero-order chi connectivity index (χ0) is 16.9. The monoisotopic (exact) mass is 329 g/mol. The van der Waals surface area contributed by atoms with Gasteiger partial charge >= 0.3 is 0 Å². The van der Waals surface area contributed by atoms with Crippen molar-refractivity contribution in [2.24, 2.45) is 0 Å². The molecule has 0 fully saturated rings. The molecule has 0 amide bonds. The molecule has 1 atom stereocenters. The van der Waals surface area contributed by atoms with Gasteiger partial charge in [-0.3, -0.25) is 0 Å². The first-order chi connectivity index (χ1) is 11.7. The van der Waals surface area contributed by atoms with E-state index >= 15 is 0 Å². The van der Waals surface area contributed by atoms with Crippen molar-refractivity contribution >= 4 is 0 Å². The molecule has 2 aromatic rings. The number of hydrogen-bond donors (Lipinski definition) is 1. The van der Waals surface area contributed by atoms with Crippen LogP contribution < -0.4 is 24.3 Å². The smallest absolute Gasteiger partial charge is 0.231 e. The molecule has 0 aliphatic carbocycles. The molecule has 0 aromatic heterocycles. The topological polar surface area (TPSA) is 49.0 Å². The minimum atomic E-state index is 0.220. The van der Waals surface area contributed by atoms with Crippen LogP contribution in [0.1, 0.15) is 31.0 Å². The van der Waals surface area contributed by atoms with Crippen molar-refractivity contribution < 1.29 is 18.9 Å². The third-order valence-electron chi connectivity index (χ3n) is 4.02. The Labute approximate surface area is 142 Å². The second-order valence-corrected chi connectivity index (χ2v) is 5.64. The number of rotatable bonds is 7. The molecule has 5 heteroatoms. The second-order valence-electron chi connectivity index (χ2n) is 5.64. The molecule has 1 aliphatic rings. The van der Waals surface area contributed by atoms with Gasteiger partial charge in [0.05, 0.1) is 13.7 Å². The molecule has 0 saturated carbocycles. The number of fused-ring (bicyclic) bond motifs is 1. The molecule has 1 aliphatic heterocycles. The van der Waals surface area contributed by atoms with Crippen LogP contribution in [-0.2, 0) is 6.54 Å². The molecule has 24 heavy (non-hydrogen) atoms. The molecule has 2 aromatic carbocycles. The van der Waals surface area contributed by atoms with Crippen LogP contribution in [0.15, 0.2) is 36.4 Å². The van der Waals surface area contributed by atoms with Gasteiger partial charge in [0.1, 0.15) is 5.75 Å². The molecule has 1 N–H and O–H groups in total. The van der Waals surface area contributed by atoms with Gasteiger partial charge in [-0.15, -0.1) is 0 Å². The predicted molar refractivity (Wildman–Crippen MR) is 92.0 cm³/mol. The van der Waals surface area contributed by atoms with Gasteiger partial charge in [0.15, 0.2) is 11.5 Å². The first-order valence-electron chi connectivity index (χ1n) is 8.14. The van der Waals surface area contributed by atoms with Gasteiger partial charge in [0, 0.05) is 12.6 Å². The standard InChI is InChI=1S/C19H23NO4/c1-4-22-16-7-5-15(6-8-16)13(2)20-11-14-9-17(21-3)19-18(10-14)23-12-24-19/h5-10,13,20H,4,11-12H2,1-3H3. The average molecular weight is 329 g/mol. The Morgan fingerprint density at radius 3 is 2.67 bits per heavy atom. The van der Waals surface area contributed by atoms with Crippen LogP contribution in [0.4, 0.5) is 0 Å². The van der Waals surface area contributed by atoms with E-state index in [1.807, 2.05) is 31.2 Å².